The van der Waals surface area contributed by atoms with Crippen molar-refractivity contribution in [3.8, 4) is 0 Å². The molecule has 0 spiro atoms. The van der Waals surface area contributed by atoms with Gasteiger partial charge in [-0.25, -0.2) is 4.90 Å². The van der Waals surface area contributed by atoms with Crippen LogP contribution in [0, 0.1) is 18.8 Å². The summed E-state index contributed by atoms with van der Waals surface area (Å²) >= 11 is 5.96. The van der Waals surface area contributed by atoms with Crippen LogP contribution >= 0.6 is 11.6 Å². The average Bonchev–Trinajstić information content (AvgIpc) is 3.35. The van der Waals surface area contributed by atoms with Crippen molar-refractivity contribution in [1.82, 2.24) is 4.90 Å². The minimum Gasteiger partial charge on any atom is -0.292 e. The largest absolute Gasteiger partial charge is 0.292 e. The van der Waals surface area contributed by atoms with Crippen LogP contribution in [-0.2, 0) is 9.59 Å². The molecule has 29 heavy (non-hydrogen) atoms. The summed E-state index contributed by atoms with van der Waals surface area (Å²) in [5, 5.41) is 0.544. The molecule has 4 atom stereocenters. The summed E-state index contributed by atoms with van der Waals surface area (Å²) in [7, 11) is 0. The van der Waals surface area contributed by atoms with Crippen LogP contribution in [0.1, 0.15) is 28.8 Å². The van der Waals surface area contributed by atoms with E-state index < -0.39 is 17.9 Å². The summed E-state index contributed by atoms with van der Waals surface area (Å²) in [5.41, 5.74) is 2.19. The zero-order valence-corrected chi connectivity index (χ0v) is 16.8. The summed E-state index contributed by atoms with van der Waals surface area (Å²) in [5.74, 6) is -1.62. The van der Waals surface area contributed by atoms with Crippen molar-refractivity contribution < 1.29 is 14.4 Å². The molecule has 0 bridgehead atoms. The molecule has 2 amide bonds. The monoisotopic (exact) mass is 408 g/mol. The first-order valence-electron chi connectivity index (χ1n) is 9.97. The maximum absolute atomic E-state index is 13.4. The summed E-state index contributed by atoms with van der Waals surface area (Å²) in [6.07, 6.45) is 1.78. The Labute approximate surface area is 174 Å². The van der Waals surface area contributed by atoms with E-state index in [0.29, 0.717) is 16.3 Å². The number of hydrogen-bond acceptors (Lipinski definition) is 4. The Morgan fingerprint density at radius 3 is 2.31 bits per heavy atom. The minimum absolute atomic E-state index is 0.0480. The highest BCUT2D eigenvalue weighted by Gasteiger charge is 2.64. The van der Waals surface area contributed by atoms with E-state index in [-0.39, 0.29) is 23.6 Å². The Balaban J connectivity index is 1.54. The van der Waals surface area contributed by atoms with E-state index in [1.165, 1.54) is 4.90 Å². The summed E-state index contributed by atoms with van der Waals surface area (Å²) in [4.78, 5) is 43.5. The lowest BCUT2D eigenvalue weighted by Crippen LogP contribution is -2.46. The van der Waals surface area contributed by atoms with Gasteiger partial charge in [-0.2, -0.15) is 0 Å². The lowest BCUT2D eigenvalue weighted by atomic mass is 9.85. The number of amides is 2. The van der Waals surface area contributed by atoms with E-state index in [0.717, 1.165) is 24.9 Å². The topological polar surface area (TPSA) is 57.7 Å². The third-order valence-corrected chi connectivity index (χ3v) is 6.79. The predicted molar refractivity (Wildman–Crippen MR) is 110 cm³/mol. The van der Waals surface area contributed by atoms with Crippen LogP contribution in [-0.4, -0.2) is 41.1 Å². The Kier molecular flexibility index (Phi) is 4.33. The Hall–Kier alpha value is -2.50. The van der Waals surface area contributed by atoms with Crippen molar-refractivity contribution in [1.29, 1.82) is 0 Å². The molecular weight excluding hydrogens is 388 g/mol. The molecule has 5 rings (SSSR count). The maximum Gasteiger partial charge on any atom is 0.239 e. The molecule has 3 aliphatic rings. The van der Waals surface area contributed by atoms with Gasteiger partial charge in [0.1, 0.15) is 0 Å². The first kappa shape index (κ1) is 18.5. The van der Waals surface area contributed by atoms with Gasteiger partial charge in [0, 0.05) is 16.6 Å². The first-order valence-corrected chi connectivity index (χ1v) is 10.3. The van der Waals surface area contributed by atoms with E-state index in [2.05, 4.69) is 4.90 Å². The second kappa shape index (κ2) is 6.78. The van der Waals surface area contributed by atoms with Gasteiger partial charge in [0.05, 0.1) is 23.6 Å². The molecule has 6 heteroatoms. The molecule has 0 aromatic heterocycles. The van der Waals surface area contributed by atoms with Crippen molar-refractivity contribution in [2.45, 2.75) is 31.8 Å². The number of aryl methyl sites for hydroxylation is 1. The number of carbonyl (C=O) groups is 3. The van der Waals surface area contributed by atoms with Crippen molar-refractivity contribution >= 4 is 34.9 Å². The number of rotatable bonds is 3. The second-order valence-corrected chi connectivity index (χ2v) is 8.60. The second-order valence-electron chi connectivity index (χ2n) is 8.16. The van der Waals surface area contributed by atoms with Crippen LogP contribution in [0.2, 0.25) is 5.02 Å². The van der Waals surface area contributed by atoms with Crippen LogP contribution < -0.4 is 4.90 Å². The molecular formula is C23H21ClN2O3. The number of nitrogens with zero attached hydrogens (tertiary/aromatic N) is 2. The molecule has 2 aromatic carbocycles. The minimum atomic E-state index is -0.628. The van der Waals surface area contributed by atoms with Crippen LogP contribution in [0.5, 0.6) is 0 Å². The molecule has 3 aliphatic heterocycles. The first-order chi connectivity index (χ1) is 14.0. The number of hydrogen-bond donors (Lipinski definition) is 0. The van der Waals surface area contributed by atoms with Gasteiger partial charge in [-0.3, -0.25) is 19.3 Å². The quantitative estimate of drug-likeness (QED) is 0.576. The SMILES string of the molecule is Cc1ccc(C(=O)[C@@H]2[C@@H]3C(=O)N(c4ccc(Cl)cc4)C(=O)[C@H]3[C@H]3CCCN32)cc1. The number of halogens is 1. The highest BCUT2D eigenvalue weighted by molar-refractivity contribution is 6.31. The number of fused-ring (bicyclic) bond motifs is 3. The zero-order chi connectivity index (χ0) is 20.3. The van der Waals surface area contributed by atoms with E-state index in [9.17, 15) is 14.4 Å². The molecule has 0 N–H and O–H groups in total. The number of anilines is 1. The lowest BCUT2D eigenvalue weighted by molar-refractivity contribution is -0.123. The summed E-state index contributed by atoms with van der Waals surface area (Å²) in [6.45, 7) is 2.72. The summed E-state index contributed by atoms with van der Waals surface area (Å²) in [6, 6.07) is 13.5. The van der Waals surface area contributed by atoms with Crippen LogP contribution in [0.15, 0.2) is 48.5 Å². The van der Waals surface area contributed by atoms with Gasteiger partial charge in [-0.1, -0.05) is 41.4 Å². The number of benzene rings is 2. The lowest BCUT2D eigenvalue weighted by Gasteiger charge is -2.27. The van der Waals surface area contributed by atoms with Gasteiger partial charge in [0.15, 0.2) is 5.78 Å². The van der Waals surface area contributed by atoms with E-state index in [1.807, 2.05) is 31.2 Å². The number of imide groups is 1. The van der Waals surface area contributed by atoms with Gasteiger partial charge in [-0.15, -0.1) is 0 Å². The highest BCUT2D eigenvalue weighted by atomic mass is 35.5. The van der Waals surface area contributed by atoms with Crippen molar-refractivity contribution in [2.24, 2.45) is 11.8 Å². The molecule has 5 nitrogen and oxygen atoms in total. The fourth-order valence-electron chi connectivity index (χ4n) is 5.25. The zero-order valence-electron chi connectivity index (χ0n) is 16.0. The van der Waals surface area contributed by atoms with Crippen molar-refractivity contribution in [2.75, 3.05) is 11.4 Å². The third kappa shape index (κ3) is 2.75. The third-order valence-electron chi connectivity index (χ3n) is 6.54. The Morgan fingerprint density at radius 2 is 1.62 bits per heavy atom. The molecule has 0 radical (unpaired) electrons. The van der Waals surface area contributed by atoms with Gasteiger partial charge >= 0.3 is 0 Å². The molecule has 3 saturated heterocycles. The van der Waals surface area contributed by atoms with Gasteiger partial charge in [-0.05, 0) is 50.6 Å². The van der Waals surface area contributed by atoms with Gasteiger partial charge in [0.2, 0.25) is 11.8 Å². The Bertz CT molecular complexity index is 1000. The molecule has 0 aliphatic carbocycles. The molecule has 0 unspecified atom stereocenters. The molecule has 3 heterocycles. The fraction of sp³-hybridized carbons (Fsp3) is 0.348. The number of carbonyl (C=O) groups excluding carboxylic acids is 3. The molecule has 148 valence electrons. The Morgan fingerprint density at radius 1 is 0.966 bits per heavy atom. The highest BCUT2D eigenvalue weighted by Crippen LogP contribution is 2.48. The number of Topliss-reactive ketones (excluding diaryl/α,β-unsaturated/α-hetero) is 1. The predicted octanol–water partition coefficient (Wildman–Crippen LogP) is 3.48. The maximum atomic E-state index is 13.4. The molecule has 2 aromatic rings. The standard InChI is InChI=1S/C23H21ClN2O3/c1-13-4-6-14(7-5-13)21(27)20-19-18(17-3-2-12-25(17)20)22(28)26(23(19)29)16-10-8-15(24)9-11-16/h4-11,17-20H,2-3,12H2,1H3/t17-,18+,19-,20+/m1/s1. The fourth-order valence-corrected chi connectivity index (χ4v) is 5.37. The van der Waals surface area contributed by atoms with Crippen LogP contribution in [0.4, 0.5) is 5.69 Å². The van der Waals surface area contributed by atoms with Crippen LogP contribution in [0.3, 0.4) is 0 Å². The van der Waals surface area contributed by atoms with Gasteiger partial charge < -0.3 is 0 Å². The average molecular weight is 409 g/mol. The molecule has 3 fully saturated rings. The van der Waals surface area contributed by atoms with E-state index in [1.54, 1.807) is 24.3 Å². The van der Waals surface area contributed by atoms with Crippen molar-refractivity contribution in [3.05, 3.63) is 64.7 Å². The van der Waals surface area contributed by atoms with Crippen molar-refractivity contribution in [3.63, 3.8) is 0 Å². The smallest absolute Gasteiger partial charge is 0.239 e. The van der Waals surface area contributed by atoms with E-state index >= 15 is 0 Å². The summed E-state index contributed by atoms with van der Waals surface area (Å²) < 4.78 is 0. The van der Waals surface area contributed by atoms with Crippen LogP contribution in [0.25, 0.3) is 0 Å². The van der Waals surface area contributed by atoms with Gasteiger partial charge in [0.25, 0.3) is 0 Å². The normalized spacial score (nSPS) is 28.7. The molecule has 0 saturated carbocycles. The number of ketones is 1. The van der Waals surface area contributed by atoms with E-state index in [4.69, 9.17) is 11.6 Å².